The van der Waals surface area contributed by atoms with Gasteiger partial charge in [-0.05, 0) is 32.6 Å². The van der Waals surface area contributed by atoms with Crippen LogP contribution in [0.5, 0.6) is 0 Å². The molecule has 1 aliphatic carbocycles. The van der Waals surface area contributed by atoms with Gasteiger partial charge >= 0.3 is 5.97 Å². The molecule has 20 heavy (non-hydrogen) atoms. The summed E-state index contributed by atoms with van der Waals surface area (Å²) in [5, 5.41) is 8.82. The summed E-state index contributed by atoms with van der Waals surface area (Å²) in [6, 6.07) is -0.209. The average Bonchev–Trinajstić information content (AvgIpc) is 2.40. The first-order valence-electron chi connectivity index (χ1n) is 8.05. The Bertz CT molecular complexity index is 311. The molecule has 0 radical (unpaired) electrons. The first kappa shape index (κ1) is 17.0. The largest absolute Gasteiger partial charge is 0.481 e. The maximum atomic E-state index is 12.2. The molecule has 0 aromatic heterocycles. The highest BCUT2D eigenvalue weighted by molar-refractivity contribution is 5.77. The maximum absolute atomic E-state index is 12.2. The van der Waals surface area contributed by atoms with Crippen molar-refractivity contribution in [2.75, 3.05) is 6.54 Å². The number of hydrogen-bond donors (Lipinski definition) is 1. The van der Waals surface area contributed by atoms with E-state index in [1.54, 1.807) is 4.90 Å². The van der Waals surface area contributed by atoms with Crippen LogP contribution in [0.1, 0.15) is 71.6 Å². The molecule has 0 aliphatic heterocycles. The van der Waals surface area contributed by atoms with Gasteiger partial charge in [-0.3, -0.25) is 9.59 Å². The smallest absolute Gasteiger partial charge is 0.305 e. The lowest BCUT2D eigenvalue weighted by atomic mass is 9.86. The highest BCUT2D eigenvalue weighted by Crippen LogP contribution is 2.27. The number of amides is 1. The van der Waals surface area contributed by atoms with Gasteiger partial charge in [0.25, 0.3) is 0 Å². The minimum atomic E-state index is -0.842. The van der Waals surface area contributed by atoms with E-state index >= 15 is 0 Å². The molecule has 4 nitrogen and oxygen atoms in total. The average molecular weight is 283 g/mol. The van der Waals surface area contributed by atoms with Crippen molar-refractivity contribution in [1.29, 1.82) is 0 Å². The van der Waals surface area contributed by atoms with Crippen molar-refractivity contribution in [2.45, 2.75) is 77.7 Å². The summed E-state index contributed by atoms with van der Waals surface area (Å²) in [5.41, 5.74) is 0. The number of rotatable bonds is 8. The molecule has 116 valence electrons. The van der Waals surface area contributed by atoms with Crippen molar-refractivity contribution in [3.8, 4) is 0 Å². The van der Waals surface area contributed by atoms with Crippen LogP contribution in [0.2, 0.25) is 0 Å². The summed E-state index contributed by atoms with van der Waals surface area (Å²) in [5.74, 6) is 0.0751. The van der Waals surface area contributed by atoms with Gasteiger partial charge in [-0.1, -0.05) is 32.1 Å². The van der Waals surface area contributed by atoms with Crippen LogP contribution in [0.3, 0.4) is 0 Å². The summed E-state index contributed by atoms with van der Waals surface area (Å²) in [7, 11) is 0. The van der Waals surface area contributed by atoms with E-state index in [1.165, 1.54) is 32.1 Å². The van der Waals surface area contributed by atoms with Crippen molar-refractivity contribution in [1.82, 2.24) is 4.90 Å². The van der Waals surface area contributed by atoms with E-state index in [0.717, 1.165) is 18.8 Å². The second-order valence-electron chi connectivity index (χ2n) is 6.02. The van der Waals surface area contributed by atoms with E-state index in [1.807, 2.05) is 13.8 Å². The molecule has 0 aromatic rings. The molecule has 1 atom stereocenters. The Morgan fingerprint density at radius 2 is 1.90 bits per heavy atom. The van der Waals surface area contributed by atoms with Gasteiger partial charge in [-0.25, -0.2) is 0 Å². The SMILES string of the molecule is CCN(C(=O)CCCC1CCCCC1)C(C)CC(=O)O. The van der Waals surface area contributed by atoms with Crippen molar-refractivity contribution in [3.63, 3.8) is 0 Å². The highest BCUT2D eigenvalue weighted by atomic mass is 16.4. The number of hydrogen-bond acceptors (Lipinski definition) is 2. The van der Waals surface area contributed by atoms with Gasteiger partial charge in [0.1, 0.15) is 0 Å². The third-order valence-corrected chi connectivity index (χ3v) is 4.39. The Kier molecular flexibility index (Phi) is 7.63. The predicted octanol–water partition coefficient (Wildman–Crippen LogP) is 3.45. The van der Waals surface area contributed by atoms with Gasteiger partial charge in [0.15, 0.2) is 0 Å². The molecule has 0 aromatic carbocycles. The molecule has 1 fully saturated rings. The molecule has 4 heteroatoms. The van der Waals surface area contributed by atoms with Crippen molar-refractivity contribution in [2.24, 2.45) is 5.92 Å². The molecule has 1 amide bonds. The Hall–Kier alpha value is -1.06. The number of carbonyl (C=O) groups excluding carboxylic acids is 1. The standard InChI is InChI=1S/C16H29NO3/c1-3-17(13(2)12-16(19)20)15(18)11-7-10-14-8-5-4-6-9-14/h13-14H,3-12H2,1-2H3,(H,19,20). The zero-order chi connectivity index (χ0) is 15.0. The van der Waals surface area contributed by atoms with Crippen LogP contribution in [0.25, 0.3) is 0 Å². The predicted molar refractivity (Wildman–Crippen MR) is 79.5 cm³/mol. The lowest BCUT2D eigenvalue weighted by molar-refractivity contribution is -0.140. The Morgan fingerprint density at radius 1 is 1.25 bits per heavy atom. The van der Waals surface area contributed by atoms with Crippen LogP contribution in [-0.2, 0) is 9.59 Å². The van der Waals surface area contributed by atoms with E-state index in [-0.39, 0.29) is 18.4 Å². The molecule has 1 N–H and O–H groups in total. The Labute approximate surface area is 122 Å². The second-order valence-corrected chi connectivity index (χ2v) is 6.02. The van der Waals surface area contributed by atoms with Crippen LogP contribution < -0.4 is 0 Å². The van der Waals surface area contributed by atoms with Gasteiger partial charge in [0.2, 0.25) is 5.91 Å². The first-order valence-corrected chi connectivity index (χ1v) is 8.05. The molecule has 0 spiro atoms. The fourth-order valence-electron chi connectivity index (χ4n) is 3.26. The topological polar surface area (TPSA) is 57.6 Å². The molecular formula is C16H29NO3. The molecule has 1 unspecified atom stereocenters. The van der Waals surface area contributed by atoms with Gasteiger partial charge in [0, 0.05) is 19.0 Å². The Morgan fingerprint density at radius 3 is 2.45 bits per heavy atom. The van der Waals surface area contributed by atoms with Crippen LogP contribution >= 0.6 is 0 Å². The van der Waals surface area contributed by atoms with Crippen LogP contribution in [0, 0.1) is 5.92 Å². The number of carboxylic acids is 1. The monoisotopic (exact) mass is 283 g/mol. The number of aliphatic carboxylic acids is 1. The minimum absolute atomic E-state index is 0.0300. The Balaban J connectivity index is 2.29. The molecule has 1 aliphatic rings. The molecular weight excluding hydrogens is 254 g/mol. The lowest BCUT2D eigenvalue weighted by Crippen LogP contribution is -2.39. The molecule has 1 rings (SSSR count). The van der Waals surface area contributed by atoms with Gasteiger partial charge in [-0.15, -0.1) is 0 Å². The van der Waals surface area contributed by atoms with Crippen LogP contribution in [0.15, 0.2) is 0 Å². The first-order chi connectivity index (χ1) is 9.54. The van der Waals surface area contributed by atoms with Gasteiger partial charge < -0.3 is 10.0 Å². The second kappa shape index (κ2) is 8.98. The molecule has 0 heterocycles. The van der Waals surface area contributed by atoms with E-state index in [9.17, 15) is 9.59 Å². The van der Waals surface area contributed by atoms with E-state index in [0.29, 0.717) is 13.0 Å². The van der Waals surface area contributed by atoms with Crippen LogP contribution in [-0.4, -0.2) is 34.5 Å². The molecule has 0 saturated heterocycles. The van der Waals surface area contributed by atoms with E-state index in [4.69, 9.17) is 5.11 Å². The van der Waals surface area contributed by atoms with Crippen molar-refractivity contribution < 1.29 is 14.7 Å². The maximum Gasteiger partial charge on any atom is 0.305 e. The quantitative estimate of drug-likeness (QED) is 0.742. The summed E-state index contributed by atoms with van der Waals surface area (Å²) >= 11 is 0. The third kappa shape index (κ3) is 5.93. The van der Waals surface area contributed by atoms with Crippen molar-refractivity contribution in [3.05, 3.63) is 0 Å². The number of nitrogens with zero attached hydrogens (tertiary/aromatic N) is 1. The van der Waals surface area contributed by atoms with Gasteiger partial charge in [-0.2, -0.15) is 0 Å². The normalized spacial score (nSPS) is 17.7. The van der Waals surface area contributed by atoms with Crippen molar-refractivity contribution >= 4 is 11.9 Å². The number of carbonyl (C=O) groups is 2. The van der Waals surface area contributed by atoms with Crippen LogP contribution in [0.4, 0.5) is 0 Å². The number of carboxylic acid groups (broad SMARTS) is 1. The van der Waals surface area contributed by atoms with E-state index in [2.05, 4.69) is 0 Å². The fraction of sp³-hybridized carbons (Fsp3) is 0.875. The zero-order valence-corrected chi connectivity index (χ0v) is 12.9. The minimum Gasteiger partial charge on any atom is -0.481 e. The summed E-state index contributed by atoms with van der Waals surface area (Å²) < 4.78 is 0. The summed E-state index contributed by atoms with van der Waals surface area (Å²) in [4.78, 5) is 24.6. The highest BCUT2D eigenvalue weighted by Gasteiger charge is 2.21. The lowest BCUT2D eigenvalue weighted by Gasteiger charge is -2.27. The molecule has 0 bridgehead atoms. The van der Waals surface area contributed by atoms with Gasteiger partial charge in [0.05, 0.1) is 6.42 Å². The zero-order valence-electron chi connectivity index (χ0n) is 12.9. The fourth-order valence-corrected chi connectivity index (χ4v) is 3.26. The summed E-state index contributed by atoms with van der Waals surface area (Å²) in [6.45, 7) is 4.32. The van der Waals surface area contributed by atoms with E-state index < -0.39 is 5.97 Å². The molecule has 1 saturated carbocycles. The summed E-state index contributed by atoms with van der Waals surface area (Å²) in [6.07, 6.45) is 9.38. The third-order valence-electron chi connectivity index (χ3n) is 4.39.